The van der Waals surface area contributed by atoms with E-state index in [0.717, 1.165) is 86.0 Å². The maximum Gasteiger partial charge on any atom is 0.256 e. The first kappa shape index (κ1) is 35.1. The van der Waals surface area contributed by atoms with Crippen LogP contribution in [-0.4, -0.2) is 101 Å². The SMILES string of the molecule is CCSC(SCC)C1CCCN1C(=O)c1cc(OC)c(OCOc2ccc(-c3nc4ccc(N5CCN(CC)CC5)cc4[nH]3)cc2)cc1N. The molecule has 4 aromatic rings. The van der Waals surface area contributed by atoms with Crippen LogP contribution in [0.3, 0.4) is 0 Å². The predicted octanol–water partition coefficient (Wildman–Crippen LogP) is 6.81. The van der Waals surface area contributed by atoms with Gasteiger partial charge in [-0.15, -0.1) is 23.5 Å². The van der Waals surface area contributed by atoms with Gasteiger partial charge in [0.25, 0.3) is 5.91 Å². The topological polar surface area (TPSA) is 109 Å². The molecule has 1 amide bonds. The number of benzene rings is 3. The van der Waals surface area contributed by atoms with Crippen molar-refractivity contribution in [3.63, 3.8) is 0 Å². The Balaban J connectivity index is 1.07. The predicted molar refractivity (Wildman–Crippen MR) is 203 cm³/mol. The van der Waals surface area contributed by atoms with Crippen LogP contribution in [0.1, 0.15) is 44.0 Å². The second-order valence-electron chi connectivity index (χ2n) is 12.2. The molecule has 3 N–H and O–H groups in total. The first-order chi connectivity index (χ1) is 23.9. The summed E-state index contributed by atoms with van der Waals surface area (Å²) in [5.41, 5.74) is 11.4. The minimum atomic E-state index is -0.0602. The van der Waals surface area contributed by atoms with Crippen LogP contribution in [0.25, 0.3) is 22.4 Å². The monoisotopic (exact) mass is 704 g/mol. The van der Waals surface area contributed by atoms with Gasteiger partial charge in [0.2, 0.25) is 6.79 Å². The Morgan fingerprint density at radius 2 is 1.71 bits per heavy atom. The molecule has 262 valence electrons. The quantitative estimate of drug-likeness (QED) is 0.107. The molecule has 1 atom stereocenters. The molecule has 1 unspecified atom stereocenters. The lowest BCUT2D eigenvalue weighted by molar-refractivity contribution is 0.0746. The summed E-state index contributed by atoms with van der Waals surface area (Å²) in [6.45, 7) is 12.6. The van der Waals surface area contributed by atoms with Crippen molar-refractivity contribution in [2.24, 2.45) is 0 Å². The lowest BCUT2D eigenvalue weighted by Gasteiger charge is -2.35. The van der Waals surface area contributed by atoms with Gasteiger partial charge in [-0.1, -0.05) is 20.8 Å². The van der Waals surface area contributed by atoms with Crippen molar-refractivity contribution in [3.05, 3.63) is 60.2 Å². The number of carbonyl (C=O) groups excluding carboxylic acids is 1. The van der Waals surface area contributed by atoms with Crippen LogP contribution in [0.5, 0.6) is 17.2 Å². The third kappa shape index (κ3) is 8.02. The van der Waals surface area contributed by atoms with Crippen LogP contribution in [0.15, 0.2) is 54.6 Å². The Hall–Kier alpha value is -3.74. The smallest absolute Gasteiger partial charge is 0.256 e. The Labute approximate surface area is 298 Å². The molecule has 0 spiro atoms. The third-order valence-electron chi connectivity index (χ3n) is 9.32. The van der Waals surface area contributed by atoms with E-state index in [2.05, 4.69) is 53.8 Å². The summed E-state index contributed by atoms with van der Waals surface area (Å²) in [5, 5.41) is 0. The van der Waals surface area contributed by atoms with Crippen molar-refractivity contribution in [1.82, 2.24) is 19.8 Å². The minimum Gasteiger partial charge on any atom is -0.493 e. The van der Waals surface area contributed by atoms with Crippen LogP contribution in [-0.2, 0) is 0 Å². The molecule has 12 heteroatoms. The van der Waals surface area contributed by atoms with Crippen molar-refractivity contribution >= 4 is 51.8 Å². The summed E-state index contributed by atoms with van der Waals surface area (Å²) >= 11 is 3.83. The van der Waals surface area contributed by atoms with Gasteiger partial charge >= 0.3 is 0 Å². The average Bonchev–Trinajstić information content (AvgIpc) is 3.79. The number of amides is 1. The summed E-state index contributed by atoms with van der Waals surface area (Å²) in [7, 11) is 1.56. The fourth-order valence-corrected chi connectivity index (χ4v) is 9.51. The number of ether oxygens (including phenoxy) is 3. The van der Waals surface area contributed by atoms with Crippen LogP contribution >= 0.6 is 23.5 Å². The molecular formula is C37H48N6O4S2. The minimum absolute atomic E-state index is 0.0548. The van der Waals surface area contributed by atoms with E-state index in [1.165, 1.54) is 5.69 Å². The number of thioether (sulfide) groups is 2. The van der Waals surface area contributed by atoms with Gasteiger partial charge < -0.3 is 39.6 Å². The van der Waals surface area contributed by atoms with E-state index in [4.69, 9.17) is 24.9 Å². The van der Waals surface area contributed by atoms with Gasteiger partial charge in [0.15, 0.2) is 11.5 Å². The van der Waals surface area contributed by atoms with E-state index in [1.54, 1.807) is 19.2 Å². The summed E-state index contributed by atoms with van der Waals surface area (Å²) < 4.78 is 17.8. The van der Waals surface area contributed by atoms with Gasteiger partial charge in [-0.05, 0) is 79.4 Å². The van der Waals surface area contributed by atoms with E-state index >= 15 is 0 Å². The van der Waals surface area contributed by atoms with Gasteiger partial charge in [0, 0.05) is 55.7 Å². The Morgan fingerprint density at radius 1 is 0.959 bits per heavy atom. The maximum atomic E-state index is 13.7. The highest BCUT2D eigenvalue weighted by molar-refractivity contribution is 8.17. The molecule has 2 aliphatic heterocycles. The maximum absolute atomic E-state index is 13.7. The molecule has 0 saturated carbocycles. The molecule has 2 aliphatic rings. The molecule has 3 aromatic carbocycles. The number of hydrogen-bond donors (Lipinski definition) is 2. The van der Waals surface area contributed by atoms with Crippen molar-refractivity contribution in [1.29, 1.82) is 0 Å². The van der Waals surface area contributed by atoms with E-state index in [9.17, 15) is 4.79 Å². The summed E-state index contributed by atoms with van der Waals surface area (Å²) in [5.74, 6) is 4.29. The molecule has 6 rings (SSSR count). The first-order valence-corrected chi connectivity index (χ1v) is 19.4. The number of carbonyl (C=O) groups is 1. The largest absolute Gasteiger partial charge is 0.493 e. The van der Waals surface area contributed by atoms with Crippen molar-refractivity contribution in [2.75, 3.05) is 75.3 Å². The van der Waals surface area contributed by atoms with Crippen LogP contribution in [0, 0.1) is 0 Å². The lowest BCUT2D eigenvalue weighted by Crippen LogP contribution is -2.46. The fourth-order valence-electron chi connectivity index (χ4n) is 6.64. The van der Waals surface area contributed by atoms with E-state index in [-0.39, 0.29) is 18.7 Å². The molecule has 3 heterocycles. The molecule has 2 saturated heterocycles. The zero-order chi connectivity index (χ0) is 34.3. The number of fused-ring (bicyclic) bond motifs is 1. The normalized spacial score (nSPS) is 16.9. The molecular weight excluding hydrogens is 657 g/mol. The van der Waals surface area contributed by atoms with E-state index < -0.39 is 0 Å². The number of nitrogens with one attached hydrogen (secondary N) is 1. The Bertz CT molecular complexity index is 1700. The van der Waals surface area contributed by atoms with Crippen molar-refractivity contribution in [2.45, 2.75) is 44.2 Å². The van der Waals surface area contributed by atoms with Gasteiger partial charge in [0.05, 0.1) is 34.3 Å². The fraction of sp³-hybridized carbons (Fsp3) is 0.459. The van der Waals surface area contributed by atoms with Gasteiger partial charge in [0.1, 0.15) is 11.6 Å². The Morgan fingerprint density at radius 3 is 2.41 bits per heavy atom. The van der Waals surface area contributed by atoms with Gasteiger partial charge in [-0.25, -0.2) is 4.98 Å². The number of nitrogens with two attached hydrogens (primary N) is 1. The lowest BCUT2D eigenvalue weighted by atomic mass is 10.1. The number of imidazole rings is 1. The third-order valence-corrected chi connectivity index (χ3v) is 12.1. The zero-order valence-electron chi connectivity index (χ0n) is 28.9. The number of aromatic nitrogens is 2. The number of aromatic amines is 1. The molecule has 10 nitrogen and oxygen atoms in total. The van der Waals surface area contributed by atoms with Crippen molar-refractivity contribution < 1.29 is 19.0 Å². The molecule has 0 aliphatic carbocycles. The van der Waals surface area contributed by atoms with Gasteiger partial charge in [-0.3, -0.25) is 4.79 Å². The second kappa shape index (κ2) is 16.3. The zero-order valence-corrected chi connectivity index (χ0v) is 30.6. The van der Waals surface area contributed by atoms with Crippen molar-refractivity contribution in [3.8, 4) is 28.6 Å². The molecule has 49 heavy (non-hydrogen) atoms. The number of rotatable bonds is 14. The number of likely N-dealkylation sites (N-methyl/N-ethyl adjacent to an activating group) is 1. The Kier molecular flexibility index (Phi) is 11.7. The number of nitrogen functional groups attached to an aromatic ring is 1. The van der Waals surface area contributed by atoms with Crippen LogP contribution in [0.4, 0.5) is 11.4 Å². The molecule has 0 radical (unpaired) electrons. The van der Waals surface area contributed by atoms with Gasteiger partial charge in [-0.2, -0.15) is 0 Å². The molecule has 1 aromatic heterocycles. The number of nitrogens with zero attached hydrogens (tertiary/aromatic N) is 4. The number of hydrogen-bond acceptors (Lipinski definition) is 10. The highest BCUT2D eigenvalue weighted by Gasteiger charge is 2.36. The summed E-state index contributed by atoms with van der Waals surface area (Å²) in [4.78, 5) is 29.0. The number of H-pyrrole nitrogens is 1. The summed E-state index contributed by atoms with van der Waals surface area (Å²) in [6.07, 6.45) is 2.00. The van der Waals surface area contributed by atoms with Crippen LogP contribution in [0.2, 0.25) is 0 Å². The molecule has 2 fully saturated rings. The van der Waals surface area contributed by atoms with E-state index in [1.807, 2.05) is 52.7 Å². The first-order valence-electron chi connectivity index (χ1n) is 17.3. The number of methoxy groups -OCH3 is 1. The van der Waals surface area contributed by atoms with Crippen LogP contribution < -0.4 is 24.8 Å². The number of anilines is 2. The average molecular weight is 705 g/mol. The van der Waals surface area contributed by atoms with E-state index in [0.29, 0.717) is 33.1 Å². The summed E-state index contributed by atoms with van der Waals surface area (Å²) in [6, 6.07) is 17.7. The molecule has 0 bridgehead atoms. The standard InChI is InChI=1S/C37H48N6O4S2/c1-5-41-17-19-42(20-18-41)26-12-15-30-31(21-26)40-35(39-30)25-10-13-27(14-11-25)46-24-47-34-23-29(38)28(22-33(34)45-4)36(44)43-16-8-9-32(43)37(48-6-2)49-7-3/h10-15,21-23,32,37H,5-9,16-20,24,38H2,1-4H3,(H,39,40). The second-order valence-corrected chi connectivity index (χ2v) is 15.4. The highest BCUT2D eigenvalue weighted by Crippen LogP contribution is 2.38. The number of likely N-dealkylation sites (tertiary alicyclic amines) is 1. The number of piperazine rings is 1. The highest BCUT2D eigenvalue weighted by atomic mass is 32.2.